The quantitative estimate of drug-likeness (QED) is 0.572. The van der Waals surface area contributed by atoms with Gasteiger partial charge in [-0.3, -0.25) is 9.67 Å². The van der Waals surface area contributed by atoms with Crippen LogP contribution in [0.5, 0.6) is 0 Å². The molecule has 3 aromatic heterocycles. The number of fused-ring (bicyclic) bond motifs is 1. The van der Waals surface area contributed by atoms with Crippen LogP contribution in [-0.2, 0) is 7.05 Å². The van der Waals surface area contributed by atoms with Crippen molar-refractivity contribution < 1.29 is 0 Å². The Kier molecular flexibility index (Phi) is 3.43. The lowest BCUT2D eigenvalue weighted by Crippen LogP contribution is -1.93. The molecule has 4 heteroatoms. The van der Waals surface area contributed by atoms with Crippen molar-refractivity contribution in [3.05, 3.63) is 85.0 Å². The van der Waals surface area contributed by atoms with Gasteiger partial charge in [-0.05, 0) is 23.8 Å². The zero-order valence-electron chi connectivity index (χ0n) is 13.3. The number of aryl methyl sites for hydroxylation is 1. The summed E-state index contributed by atoms with van der Waals surface area (Å²) in [6, 6.07) is 16.1. The maximum absolute atomic E-state index is 4.76. The van der Waals surface area contributed by atoms with Crippen LogP contribution in [0.1, 0.15) is 11.3 Å². The van der Waals surface area contributed by atoms with Gasteiger partial charge < -0.3 is 0 Å². The van der Waals surface area contributed by atoms with Crippen LogP contribution < -0.4 is 0 Å². The van der Waals surface area contributed by atoms with E-state index in [1.807, 2.05) is 74.2 Å². The second-order valence-corrected chi connectivity index (χ2v) is 5.71. The topological polar surface area (TPSA) is 43.6 Å². The minimum absolute atomic E-state index is 0.853. The Bertz CT molecular complexity index is 1030. The van der Waals surface area contributed by atoms with E-state index in [-0.39, 0.29) is 0 Å². The summed E-state index contributed by atoms with van der Waals surface area (Å²) in [6.07, 6.45) is 5.65. The van der Waals surface area contributed by atoms with Gasteiger partial charge in [0.15, 0.2) is 0 Å². The van der Waals surface area contributed by atoms with E-state index in [9.17, 15) is 0 Å². The molecule has 4 rings (SSSR count). The molecule has 0 saturated heterocycles. The highest BCUT2D eigenvalue weighted by Gasteiger charge is 2.08. The van der Waals surface area contributed by atoms with E-state index in [4.69, 9.17) is 4.98 Å². The van der Waals surface area contributed by atoms with Crippen molar-refractivity contribution >= 4 is 16.6 Å². The summed E-state index contributed by atoms with van der Waals surface area (Å²) >= 11 is 0. The molecule has 0 saturated carbocycles. The summed E-state index contributed by atoms with van der Waals surface area (Å²) in [5.74, 6) is 0. The molecular formula is C20H16N4. The van der Waals surface area contributed by atoms with Crippen LogP contribution in [0.2, 0.25) is 0 Å². The molecule has 0 bridgehead atoms. The first-order valence-corrected chi connectivity index (χ1v) is 7.71. The highest BCUT2D eigenvalue weighted by Crippen LogP contribution is 2.24. The monoisotopic (exact) mass is 312 g/mol. The second kappa shape index (κ2) is 5.74. The van der Waals surface area contributed by atoms with Crippen LogP contribution >= 0.6 is 0 Å². The first kappa shape index (κ1) is 14.3. The first-order chi connectivity index (χ1) is 11.7. The number of hydrogen-bond donors (Lipinski definition) is 0. The Morgan fingerprint density at radius 3 is 2.54 bits per heavy atom. The van der Waals surface area contributed by atoms with Gasteiger partial charge in [-0.15, -0.1) is 0 Å². The third-order valence-electron chi connectivity index (χ3n) is 4.01. The molecule has 0 amide bonds. The fraction of sp³-hybridized carbons (Fsp3) is 0.0500. The van der Waals surface area contributed by atoms with Crippen LogP contribution in [0.4, 0.5) is 0 Å². The molecule has 4 aromatic rings. The normalized spacial score (nSPS) is 10.9. The Labute approximate surface area is 140 Å². The molecular weight excluding hydrogens is 296 g/mol. The van der Waals surface area contributed by atoms with Gasteiger partial charge in [-0.25, -0.2) is 4.98 Å². The van der Waals surface area contributed by atoms with Gasteiger partial charge in [0.1, 0.15) is 0 Å². The molecule has 0 aliphatic carbocycles. The molecule has 4 nitrogen and oxygen atoms in total. The molecule has 1 aromatic carbocycles. The van der Waals surface area contributed by atoms with E-state index in [1.165, 1.54) is 0 Å². The zero-order valence-corrected chi connectivity index (χ0v) is 13.3. The standard InChI is InChI=1S/C20H16N4/c1-14(15-6-4-3-5-7-15)18-8-9-19-20(23-18)10-16(11-21-19)17-12-22-24(2)13-17/h3-13H,1H2,2H3. The Hall–Kier alpha value is -3.27. The number of pyridine rings is 2. The van der Waals surface area contributed by atoms with E-state index in [0.717, 1.165) is 39.0 Å². The van der Waals surface area contributed by atoms with Crippen LogP contribution in [0.3, 0.4) is 0 Å². The summed E-state index contributed by atoms with van der Waals surface area (Å²) in [6.45, 7) is 4.19. The number of aromatic nitrogens is 4. The largest absolute Gasteiger partial charge is 0.275 e. The average molecular weight is 312 g/mol. The molecule has 0 aliphatic heterocycles. The van der Waals surface area contributed by atoms with Gasteiger partial charge in [0.25, 0.3) is 0 Å². The van der Waals surface area contributed by atoms with E-state index in [1.54, 1.807) is 4.68 Å². The predicted molar refractivity (Wildman–Crippen MR) is 96.3 cm³/mol. The van der Waals surface area contributed by atoms with Crippen LogP contribution in [0, 0.1) is 0 Å². The van der Waals surface area contributed by atoms with E-state index in [0.29, 0.717) is 0 Å². The Balaban J connectivity index is 1.78. The van der Waals surface area contributed by atoms with Crippen molar-refractivity contribution in [2.75, 3.05) is 0 Å². The molecule has 0 fully saturated rings. The summed E-state index contributed by atoms with van der Waals surface area (Å²) in [4.78, 5) is 9.27. The lowest BCUT2D eigenvalue weighted by atomic mass is 10.0. The SMILES string of the molecule is C=C(c1ccccc1)c1ccc2ncc(-c3cnn(C)c3)cc2n1. The smallest absolute Gasteiger partial charge is 0.0900 e. The average Bonchev–Trinajstić information content (AvgIpc) is 3.07. The highest BCUT2D eigenvalue weighted by atomic mass is 15.2. The van der Waals surface area contributed by atoms with Gasteiger partial charge in [-0.2, -0.15) is 5.10 Å². The number of rotatable bonds is 3. The van der Waals surface area contributed by atoms with Gasteiger partial charge in [0.05, 0.1) is 22.9 Å². The predicted octanol–water partition coefficient (Wildman–Crippen LogP) is 4.09. The summed E-state index contributed by atoms with van der Waals surface area (Å²) in [5, 5.41) is 4.21. The maximum atomic E-state index is 4.76. The van der Waals surface area contributed by atoms with Crippen molar-refractivity contribution in [1.29, 1.82) is 0 Å². The first-order valence-electron chi connectivity index (χ1n) is 7.71. The zero-order chi connectivity index (χ0) is 16.5. The van der Waals surface area contributed by atoms with Crippen molar-refractivity contribution in [3.8, 4) is 11.1 Å². The van der Waals surface area contributed by atoms with Crippen LogP contribution in [0.25, 0.3) is 27.7 Å². The molecule has 0 spiro atoms. The Morgan fingerprint density at radius 1 is 0.958 bits per heavy atom. The number of hydrogen-bond acceptors (Lipinski definition) is 3. The minimum Gasteiger partial charge on any atom is -0.275 e. The molecule has 3 heterocycles. The highest BCUT2D eigenvalue weighted by molar-refractivity contribution is 5.84. The lowest BCUT2D eigenvalue weighted by molar-refractivity contribution is 0.768. The third kappa shape index (κ3) is 2.58. The van der Waals surface area contributed by atoms with Crippen LogP contribution in [-0.4, -0.2) is 19.7 Å². The molecule has 0 aliphatic rings. The molecule has 0 radical (unpaired) electrons. The molecule has 0 atom stereocenters. The van der Waals surface area contributed by atoms with E-state index >= 15 is 0 Å². The summed E-state index contributed by atoms with van der Waals surface area (Å²) in [7, 11) is 1.90. The van der Waals surface area contributed by atoms with Crippen molar-refractivity contribution in [1.82, 2.24) is 19.7 Å². The molecule has 0 N–H and O–H groups in total. The lowest BCUT2D eigenvalue weighted by Gasteiger charge is -2.07. The van der Waals surface area contributed by atoms with Crippen molar-refractivity contribution in [2.45, 2.75) is 0 Å². The van der Waals surface area contributed by atoms with Crippen molar-refractivity contribution in [2.24, 2.45) is 7.05 Å². The summed E-state index contributed by atoms with van der Waals surface area (Å²) < 4.78 is 1.78. The number of nitrogens with zero attached hydrogens (tertiary/aromatic N) is 4. The minimum atomic E-state index is 0.853. The van der Waals surface area contributed by atoms with Gasteiger partial charge >= 0.3 is 0 Å². The molecule has 24 heavy (non-hydrogen) atoms. The number of benzene rings is 1. The van der Waals surface area contributed by atoms with E-state index in [2.05, 4.69) is 16.7 Å². The Morgan fingerprint density at radius 2 is 1.79 bits per heavy atom. The fourth-order valence-corrected chi connectivity index (χ4v) is 2.69. The van der Waals surface area contributed by atoms with Crippen LogP contribution in [0.15, 0.2) is 73.7 Å². The molecule has 0 unspecified atom stereocenters. The van der Waals surface area contributed by atoms with E-state index < -0.39 is 0 Å². The molecule has 116 valence electrons. The van der Waals surface area contributed by atoms with Gasteiger partial charge in [0.2, 0.25) is 0 Å². The third-order valence-corrected chi connectivity index (χ3v) is 4.01. The second-order valence-electron chi connectivity index (χ2n) is 5.71. The van der Waals surface area contributed by atoms with Gasteiger partial charge in [0, 0.05) is 36.1 Å². The fourth-order valence-electron chi connectivity index (χ4n) is 2.69. The summed E-state index contributed by atoms with van der Waals surface area (Å²) in [5.41, 5.74) is 6.59. The maximum Gasteiger partial charge on any atom is 0.0900 e. The van der Waals surface area contributed by atoms with Crippen molar-refractivity contribution in [3.63, 3.8) is 0 Å². The van der Waals surface area contributed by atoms with Gasteiger partial charge in [-0.1, -0.05) is 36.9 Å².